The molecule has 10 heteroatoms. The van der Waals surface area contributed by atoms with Gasteiger partial charge in [-0.1, -0.05) is 11.6 Å². The van der Waals surface area contributed by atoms with Crippen LogP contribution in [0.5, 0.6) is 0 Å². The lowest BCUT2D eigenvalue weighted by molar-refractivity contribution is -0.120. The van der Waals surface area contributed by atoms with Gasteiger partial charge in [0.05, 0.1) is 22.6 Å². The van der Waals surface area contributed by atoms with Crippen molar-refractivity contribution in [3.63, 3.8) is 0 Å². The molecule has 1 amide bonds. The summed E-state index contributed by atoms with van der Waals surface area (Å²) in [6, 6.07) is 9.14. The van der Waals surface area contributed by atoms with Crippen LogP contribution in [0.1, 0.15) is 23.2 Å². The van der Waals surface area contributed by atoms with Gasteiger partial charge in [-0.05, 0) is 55.3 Å². The van der Waals surface area contributed by atoms with E-state index < -0.39 is 21.8 Å². The molecule has 0 aliphatic carbocycles. The second-order valence-electron chi connectivity index (χ2n) is 6.81. The number of rotatable bonds is 5. The minimum Gasteiger partial charge on any atom is -0.465 e. The molecule has 2 aromatic rings. The molecule has 1 heterocycles. The van der Waals surface area contributed by atoms with Gasteiger partial charge in [-0.2, -0.15) is 4.31 Å². The first-order valence-electron chi connectivity index (χ1n) is 9.17. The van der Waals surface area contributed by atoms with E-state index in [-0.39, 0.29) is 40.4 Å². The number of ether oxygens (including phenoxy) is 1. The van der Waals surface area contributed by atoms with Gasteiger partial charge in [-0.15, -0.1) is 0 Å². The highest BCUT2D eigenvalue weighted by atomic mass is 35.5. The van der Waals surface area contributed by atoms with Gasteiger partial charge in [-0.3, -0.25) is 4.79 Å². The maximum atomic E-state index is 13.1. The number of carbonyl (C=O) groups is 2. The van der Waals surface area contributed by atoms with Crippen molar-refractivity contribution in [2.24, 2.45) is 5.92 Å². The Morgan fingerprint density at radius 2 is 1.77 bits per heavy atom. The number of sulfonamides is 1. The maximum absolute atomic E-state index is 13.1. The van der Waals surface area contributed by atoms with Crippen molar-refractivity contribution >= 4 is 39.2 Å². The van der Waals surface area contributed by atoms with Gasteiger partial charge in [0.25, 0.3) is 0 Å². The third-order valence-corrected chi connectivity index (χ3v) is 7.16. The number of benzene rings is 2. The Hall–Kier alpha value is -2.49. The summed E-state index contributed by atoms with van der Waals surface area (Å²) in [5.41, 5.74) is 0.531. The molecule has 160 valence electrons. The topological polar surface area (TPSA) is 92.8 Å². The first kappa shape index (κ1) is 22.2. The minimum absolute atomic E-state index is 0.0169. The van der Waals surface area contributed by atoms with Gasteiger partial charge in [0.15, 0.2) is 0 Å². The SMILES string of the molecule is COC(=O)c1cc(NC(=O)C2CCN(S(=O)(=O)c3ccc(F)cc3)CC2)ccc1Cl. The van der Waals surface area contributed by atoms with E-state index in [0.717, 1.165) is 12.1 Å². The molecule has 1 aliphatic heterocycles. The smallest absolute Gasteiger partial charge is 0.339 e. The summed E-state index contributed by atoms with van der Waals surface area (Å²) in [5.74, 6) is -1.79. The van der Waals surface area contributed by atoms with Crippen molar-refractivity contribution in [3.05, 3.63) is 58.9 Å². The molecule has 0 saturated carbocycles. The summed E-state index contributed by atoms with van der Waals surface area (Å²) < 4.78 is 44.4. The van der Waals surface area contributed by atoms with Crippen LogP contribution in [0.4, 0.5) is 10.1 Å². The zero-order chi connectivity index (χ0) is 21.9. The number of anilines is 1. The monoisotopic (exact) mass is 454 g/mol. The molecule has 0 bridgehead atoms. The highest BCUT2D eigenvalue weighted by Crippen LogP contribution is 2.26. The number of amides is 1. The zero-order valence-corrected chi connectivity index (χ0v) is 17.7. The summed E-state index contributed by atoms with van der Waals surface area (Å²) in [6.07, 6.45) is 0.674. The van der Waals surface area contributed by atoms with Gasteiger partial charge in [-0.25, -0.2) is 17.6 Å². The number of piperidine rings is 1. The highest BCUT2D eigenvalue weighted by Gasteiger charge is 2.32. The second kappa shape index (κ2) is 9.11. The summed E-state index contributed by atoms with van der Waals surface area (Å²) in [5, 5.41) is 2.94. The van der Waals surface area contributed by atoms with E-state index in [1.165, 1.54) is 35.7 Å². The van der Waals surface area contributed by atoms with E-state index in [1.807, 2.05) is 0 Å². The van der Waals surface area contributed by atoms with Gasteiger partial charge in [0.1, 0.15) is 5.82 Å². The summed E-state index contributed by atoms with van der Waals surface area (Å²) >= 11 is 5.98. The van der Waals surface area contributed by atoms with Crippen molar-refractivity contribution in [1.82, 2.24) is 4.31 Å². The van der Waals surface area contributed by atoms with Crippen LogP contribution in [0.15, 0.2) is 47.4 Å². The molecular formula is C20H20ClFN2O5S. The maximum Gasteiger partial charge on any atom is 0.339 e. The normalized spacial score (nSPS) is 15.6. The summed E-state index contributed by atoms with van der Waals surface area (Å²) in [7, 11) is -2.51. The van der Waals surface area contributed by atoms with Crippen LogP contribution in [0.3, 0.4) is 0 Å². The molecule has 1 fully saturated rings. The highest BCUT2D eigenvalue weighted by molar-refractivity contribution is 7.89. The number of nitrogens with zero attached hydrogens (tertiary/aromatic N) is 1. The number of hydrogen-bond donors (Lipinski definition) is 1. The van der Waals surface area contributed by atoms with Gasteiger partial charge >= 0.3 is 5.97 Å². The molecule has 2 aromatic carbocycles. The number of methoxy groups -OCH3 is 1. The first-order valence-corrected chi connectivity index (χ1v) is 11.0. The average molecular weight is 455 g/mol. The second-order valence-corrected chi connectivity index (χ2v) is 9.15. The first-order chi connectivity index (χ1) is 14.2. The van der Waals surface area contributed by atoms with Gasteiger partial charge in [0, 0.05) is 24.7 Å². The lowest BCUT2D eigenvalue weighted by Crippen LogP contribution is -2.41. The molecule has 3 rings (SSSR count). The van der Waals surface area contributed by atoms with Crippen LogP contribution in [0, 0.1) is 11.7 Å². The molecule has 0 atom stereocenters. The molecule has 1 N–H and O–H groups in total. The molecule has 0 unspecified atom stereocenters. The fourth-order valence-corrected chi connectivity index (χ4v) is 4.89. The zero-order valence-electron chi connectivity index (χ0n) is 16.1. The van der Waals surface area contributed by atoms with E-state index in [1.54, 1.807) is 6.07 Å². The molecular weight excluding hydrogens is 435 g/mol. The minimum atomic E-state index is -3.74. The molecule has 0 radical (unpaired) electrons. The Balaban J connectivity index is 1.63. The number of hydrogen-bond acceptors (Lipinski definition) is 5. The van der Waals surface area contributed by atoms with Crippen molar-refractivity contribution in [3.8, 4) is 0 Å². The van der Waals surface area contributed by atoms with Gasteiger partial charge < -0.3 is 10.1 Å². The number of nitrogens with one attached hydrogen (secondary N) is 1. The van der Waals surface area contributed by atoms with Crippen LogP contribution < -0.4 is 5.32 Å². The Bertz CT molecular complexity index is 1050. The number of esters is 1. The fraction of sp³-hybridized carbons (Fsp3) is 0.300. The van der Waals surface area contributed by atoms with Crippen LogP contribution in [0.25, 0.3) is 0 Å². The van der Waals surface area contributed by atoms with E-state index in [9.17, 15) is 22.4 Å². The summed E-state index contributed by atoms with van der Waals surface area (Å²) in [6.45, 7) is 0.345. The van der Waals surface area contributed by atoms with E-state index in [2.05, 4.69) is 10.1 Å². The van der Waals surface area contributed by atoms with Crippen LogP contribution in [0.2, 0.25) is 5.02 Å². The Morgan fingerprint density at radius 1 is 1.13 bits per heavy atom. The largest absolute Gasteiger partial charge is 0.465 e. The molecule has 7 nitrogen and oxygen atoms in total. The number of halogens is 2. The van der Waals surface area contributed by atoms with Crippen molar-refractivity contribution in [2.45, 2.75) is 17.7 Å². The third-order valence-electron chi connectivity index (χ3n) is 4.92. The number of carbonyl (C=O) groups excluding carboxylic acids is 2. The van der Waals surface area contributed by atoms with Crippen LogP contribution in [-0.2, 0) is 19.6 Å². The Morgan fingerprint density at radius 3 is 2.37 bits per heavy atom. The van der Waals surface area contributed by atoms with Crippen molar-refractivity contribution in [1.29, 1.82) is 0 Å². The van der Waals surface area contributed by atoms with Gasteiger partial charge in [0.2, 0.25) is 15.9 Å². The predicted octanol–water partition coefficient (Wildman–Crippen LogP) is 3.31. The quantitative estimate of drug-likeness (QED) is 0.700. The summed E-state index contributed by atoms with van der Waals surface area (Å²) in [4.78, 5) is 24.4. The average Bonchev–Trinajstić information content (AvgIpc) is 2.75. The third kappa shape index (κ3) is 4.80. The Kier molecular flexibility index (Phi) is 6.74. The molecule has 0 spiro atoms. The molecule has 1 aliphatic rings. The lowest BCUT2D eigenvalue weighted by atomic mass is 9.97. The van der Waals surface area contributed by atoms with Crippen LogP contribution in [-0.4, -0.2) is 44.8 Å². The Labute approximate surface area is 178 Å². The van der Waals surface area contributed by atoms with Crippen LogP contribution >= 0.6 is 11.6 Å². The van der Waals surface area contributed by atoms with E-state index >= 15 is 0 Å². The van der Waals surface area contributed by atoms with E-state index in [4.69, 9.17) is 11.6 Å². The van der Waals surface area contributed by atoms with Crippen molar-refractivity contribution < 1.29 is 27.1 Å². The molecule has 30 heavy (non-hydrogen) atoms. The fourth-order valence-electron chi connectivity index (χ4n) is 3.23. The lowest BCUT2D eigenvalue weighted by Gasteiger charge is -2.30. The molecule has 0 aromatic heterocycles. The molecule has 1 saturated heterocycles. The standard InChI is InChI=1S/C20H20ClFN2O5S/c1-29-20(26)17-12-15(4-7-18(17)21)23-19(25)13-8-10-24(11-9-13)30(27,28)16-5-2-14(22)3-6-16/h2-7,12-13H,8-11H2,1H3,(H,23,25). The van der Waals surface area contributed by atoms with Crippen molar-refractivity contribution in [2.75, 3.05) is 25.5 Å². The predicted molar refractivity (Wildman–Crippen MR) is 109 cm³/mol. The van der Waals surface area contributed by atoms with E-state index in [0.29, 0.717) is 18.5 Å².